The number of hydrogen-bond acceptors (Lipinski definition) is 3. The number of carbonyl (C=O) groups excluding carboxylic acids is 1. The second kappa shape index (κ2) is 6.55. The van der Waals surface area contributed by atoms with E-state index in [2.05, 4.69) is 5.32 Å². The van der Waals surface area contributed by atoms with Crippen molar-refractivity contribution in [2.24, 2.45) is 0 Å². The van der Waals surface area contributed by atoms with Gasteiger partial charge < -0.3 is 4.74 Å². The van der Waals surface area contributed by atoms with E-state index in [0.717, 1.165) is 5.56 Å². The summed E-state index contributed by atoms with van der Waals surface area (Å²) in [6.07, 6.45) is 0.650. The third kappa shape index (κ3) is 5.32. The van der Waals surface area contributed by atoms with E-state index in [-0.39, 0.29) is 17.6 Å². The van der Waals surface area contributed by atoms with Crippen LogP contribution in [0.5, 0.6) is 0 Å². The summed E-state index contributed by atoms with van der Waals surface area (Å²) < 4.78 is 5.12. The molecule has 1 rings (SSSR count). The Hall–Kier alpha value is -1.35. The SMILES string of the molecule is CCOC(=O)C(Cc1ccccc1)NC(C)(C)C. The highest BCUT2D eigenvalue weighted by molar-refractivity contribution is 5.76. The van der Waals surface area contributed by atoms with Gasteiger partial charge in [0.25, 0.3) is 0 Å². The highest BCUT2D eigenvalue weighted by Gasteiger charge is 2.24. The Morgan fingerprint density at radius 2 is 1.89 bits per heavy atom. The summed E-state index contributed by atoms with van der Waals surface area (Å²) in [5.74, 6) is -0.184. The van der Waals surface area contributed by atoms with Gasteiger partial charge in [0.15, 0.2) is 0 Å². The van der Waals surface area contributed by atoms with Gasteiger partial charge in [-0.2, -0.15) is 0 Å². The minimum absolute atomic E-state index is 0.119. The third-order valence-electron chi connectivity index (χ3n) is 2.46. The lowest BCUT2D eigenvalue weighted by molar-refractivity contribution is -0.146. The molecule has 1 atom stereocenters. The first-order valence-corrected chi connectivity index (χ1v) is 6.40. The van der Waals surface area contributed by atoms with Gasteiger partial charge in [0.1, 0.15) is 6.04 Å². The summed E-state index contributed by atoms with van der Waals surface area (Å²) in [7, 11) is 0. The molecule has 0 aromatic heterocycles. The van der Waals surface area contributed by atoms with Gasteiger partial charge in [-0.25, -0.2) is 0 Å². The van der Waals surface area contributed by atoms with Crippen molar-refractivity contribution < 1.29 is 9.53 Å². The molecule has 0 bridgehead atoms. The van der Waals surface area contributed by atoms with Crippen molar-refractivity contribution in [3.05, 3.63) is 35.9 Å². The van der Waals surface area contributed by atoms with Gasteiger partial charge in [-0.05, 0) is 39.7 Å². The maximum absolute atomic E-state index is 11.9. The second-order valence-electron chi connectivity index (χ2n) is 5.39. The van der Waals surface area contributed by atoms with Crippen LogP contribution in [0.3, 0.4) is 0 Å². The average molecular weight is 249 g/mol. The fourth-order valence-electron chi connectivity index (χ4n) is 1.81. The average Bonchev–Trinajstić information content (AvgIpc) is 2.28. The molecule has 1 N–H and O–H groups in total. The molecule has 0 saturated heterocycles. The highest BCUT2D eigenvalue weighted by Crippen LogP contribution is 2.09. The summed E-state index contributed by atoms with van der Waals surface area (Å²) in [5, 5.41) is 3.31. The zero-order chi connectivity index (χ0) is 13.6. The molecule has 1 aromatic carbocycles. The minimum Gasteiger partial charge on any atom is -0.465 e. The van der Waals surface area contributed by atoms with Crippen LogP contribution in [0.1, 0.15) is 33.3 Å². The van der Waals surface area contributed by atoms with Crippen LogP contribution in [-0.4, -0.2) is 24.2 Å². The van der Waals surface area contributed by atoms with Crippen LogP contribution in [0.15, 0.2) is 30.3 Å². The zero-order valence-electron chi connectivity index (χ0n) is 11.7. The van der Waals surface area contributed by atoms with Gasteiger partial charge in [0, 0.05) is 5.54 Å². The molecule has 0 aliphatic heterocycles. The van der Waals surface area contributed by atoms with Gasteiger partial charge in [-0.15, -0.1) is 0 Å². The van der Waals surface area contributed by atoms with E-state index in [0.29, 0.717) is 13.0 Å². The summed E-state index contributed by atoms with van der Waals surface area (Å²) in [6.45, 7) is 8.38. The van der Waals surface area contributed by atoms with Crippen LogP contribution in [-0.2, 0) is 16.0 Å². The maximum atomic E-state index is 11.9. The fourth-order valence-corrected chi connectivity index (χ4v) is 1.81. The van der Waals surface area contributed by atoms with E-state index in [1.807, 2.05) is 58.0 Å². The van der Waals surface area contributed by atoms with Crippen molar-refractivity contribution in [3.8, 4) is 0 Å². The lowest BCUT2D eigenvalue weighted by atomic mass is 10.0. The van der Waals surface area contributed by atoms with Crippen LogP contribution in [0.2, 0.25) is 0 Å². The number of ether oxygens (including phenoxy) is 1. The molecule has 0 heterocycles. The molecular weight excluding hydrogens is 226 g/mol. The molecule has 1 unspecified atom stereocenters. The molecular formula is C15H23NO2. The molecule has 0 amide bonds. The van der Waals surface area contributed by atoms with Crippen molar-refractivity contribution in [1.82, 2.24) is 5.32 Å². The Labute approximate surface area is 110 Å². The van der Waals surface area contributed by atoms with Crippen molar-refractivity contribution in [2.75, 3.05) is 6.61 Å². The Morgan fingerprint density at radius 1 is 1.28 bits per heavy atom. The molecule has 0 aliphatic carbocycles. The van der Waals surface area contributed by atoms with Crippen LogP contribution < -0.4 is 5.32 Å². The normalized spacial score (nSPS) is 13.1. The number of benzene rings is 1. The predicted octanol–water partition coefficient (Wildman–Crippen LogP) is 2.55. The molecule has 0 saturated carbocycles. The molecule has 0 aliphatic rings. The first kappa shape index (κ1) is 14.7. The molecule has 1 aromatic rings. The quantitative estimate of drug-likeness (QED) is 0.815. The topological polar surface area (TPSA) is 38.3 Å². The summed E-state index contributed by atoms with van der Waals surface area (Å²) in [6, 6.07) is 9.68. The Kier molecular flexibility index (Phi) is 5.35. The van der Waals surface area contributed by atoms with E-state index in [1.54, 1.807) is 0 Å². The Bertz CT molecular complexity index is 368. The Morgan fingerprint density at radius 3 is 2.39 bits per heavy atom. The summed E-state index contributed by atoms with van der Waals surface area (Å²) in [4.78, 5) is 11.9. The van der Waals surface area contributed by atoms with E-state index in [9.17, 15) is 4.79 Å². The van der Waals surface area contributed by atoms with Crippen LogP contribution >= 0.6 is 0 Å². The van der Waals surface area contributed by atoms with Gasteiger partial charge >= 0.3 is 5.97 Å². The minimum atomic E-state index is -0.299. The molecule has 3 heteroatoms. The van der Waals surface area contributed by atoms with E-state index < -0.39 is 0 Å². The largest absolute Gasteiger partial charge is 0.465 e. The van der Waals surface area contributed by atoms with Crippen molar-refractivity contribution >= 4 is 5.97 Å². The standard InChI is InChI=1S/C15H23NO2/c1-5-18-14(17)13(16-15(2,3)4)11-12-9-7-6-8-10-12/h6-10,13,16H,5,11H2,1-4H3. The monoisotopic (exact) mass is 249 g/mol. The molecule has 100 valence electrons. The molecule has 0 radical (unpaired) electrons. The smallest absolute Gasteiger partial charge is 0.323 e. The van der Waals surface area contributed by atoms with E-state index >= 15 is 0 Å². The maximum Gasteiger partial charge on any atom is 0.323 e. The zero-order valence-corrected chi connectivity index (χ0v) is 11.7. The van der Waals surface area contributed by atoms with Gasteiger partial charge in [0.05, 0.1) is 6.61 Å². The van der Waals surface area contributed by atoms with Crippen molar-refractivity contribution in [1.29, 1.82) is 0 Å². The number of hydrogen-bond donors (Lipinski definition) is 1. The van der Waals surface area contributed by atoms with Crippen molar-refractivity contribution in [2.45, 2.75) is 45.7 Å². The Balaban J connectivity index is 2.74. The number of carbonyl (C=O) groups is 1. The third-order valence-corrected chi connectivity index (χ3v) is 2.46. The lowest BCUT2D eigenvalue weighted by Gasteiger charge is -2.27. The van der Waals surface area contributed by atoms with E-state index in [1.165, 1.54) is 0 Å². The van der Waals surface area contributed by atoms with Gasteiger partial charge in [-0.1, -0.05) is 30.3 Å². The van der Waals surface area contributed by atoms with Gasteiger partial charge in [0.2, 0.25) is 0 Å². The molecule has 18 heavy (non-hydrogen) atoms. The summed E-state index contributed by atoms with van der Waals surface area (Å²) >= 11 is 0. The first-order chi connectivity index (χ1) is 8.42. The first-order valence-electron chi connectivity index (χ1n) is 6.40. The second-order valence-corrected chi connectivity index (χ2v) is 5.39. The summed E-state index contributed by atoms with van der Waals surface area (Å²) in [5.41, 5.74) is 1.01. The van der Waals surface area contributed by atoms with Gasteiger partial charge in [-0.3, -0.25) is 10.1 Å². The molecule has 0 fully saturated rings. The van der Waals surface area contributed by atoms with E-state index in [4.69, 9.17) is 4.74 Å². The fraction of sp³-hybridized carbons (Fsp3) is 0.533. The van der Waals surface area contributed by atoms with Crippen LogP contribution in [0.25, 0.3) is 0 Å². The number of esters is 1. The number of nitrogens with one attached hydrogen (secondary N) is 1. The van der Waals surface area contributed by atoms with Crippen LogP contribution in [0, 0.1) is 0 Å². The molecule has 3 nitrogen and oxygen atoms in total. The highest BCUT2D eigenvalue weighted by atomic mass is 16.5. The van der Waals surface area contributed by atoms with Crippen molar-refractivity contribution in [3.63, 3.8) is 0 Å². The van der Waals surface area contributed by atoms with Crippen LogP contribution in [0.4, 0.5) is 0 Å². The molecule has 0 spiro atoms. The number of rotatable bonds is 5. The lowest BCUT2D eigenvalue weighted by Crippen LogP contribution is -2.49. The predicted molar refractivity (Wildman–Crippen MR) is 73.5 cm³/mol.